The molecule has 4 nitrogen and oxygen atoms in total. The highest BCUT2D eigenvalue weighted by Crippen LogP contribution is 2.27. The van der Waals surface area contributed by atoms with Crippen LogP contribution in [-0.4, -0.2) is 43.1 Å². The number of nitrogen functional groups attached to an aromatic ring is 1. The van der Waals surface area contributed by atoms with Gasteiger partial charge in [-0.3, -0.25) is 0 Å². The van der Waals surface area contributed by atoms with Crippen molar-refractivity contribution in [3.63, 3.8) is 0 Å². The second-order valence-corrected chi connectivity index (χ2v) is 5.38. The lowest BCUT2D eigenvalue weighted by atomic mass is 10.1. The van der Waals surface area contributed by atoms with Gasteiger partial charge in [0.25, 0.3) is 0 Å². The molecule has 1 aromatic heterocycles. The SMILES string of the molecule is CC1CN(c2cc(N)cc(Cl)n2)CC1N(C)C. The fourth-order valence-corrected chi connectivity index (χ4v) is 2.69. The third kappa shape index (κ3) is 2.64. The van der Waals surface area contributed by atoms with Crippen molar-refractivity contribution in [1.82, 2.24) is 9.88 Å². The summed E-state index contributed by atoms with van der Waals surface area (Å²) in [6, 6.07) is 4.11. The molecule has 1 aliphatic heterocycles. The Kier molecular flexibility index (Phi) is 3.45. The third-order valence-corrected chi connectivity index (χ3v) is 3.56. The summed E-state index contributed by atoms with van der Waals surface area (Å²) in [6.07, 6.45) is 0. The predicted octanol–water partition coefficient (Wildman–Crippen LogP) is 1.70. The van der Waals surface area contributed by atoms with Crippen molar-refractivity contribution in [2.45, 2.75) is 13.0 Å². The van der Waals surface area contributed by atoms with Gasteiger partial charge in [-0.25, -0.2) is 4.98 Å². The summed E-state index contributed by atoms with van der Waals surface area (Å²) >= 11 is 5.94. The van der Waals surface area contributed by atoms with Crippen LogP contribution in [0.1, 0.15) is 6.92 Å². The van der Waals surface area contributed by atoms with Crippen LogP contribution in [0.3, 0.4) is 0 Å². The molecule has 2 heterocycles. The van der Waals surface area contributed by atoms with Crippen LogP contribution in [0.2, 0.25) is 5.15 Å². The van der Waals surface area contributed by atoms with Crippen LogP contribution in [-0.2, 0) is 0 Å². The maximum Gasteiger partial charge on any atom is 0.133 e. The average molecular weight is 255 g/mol. The quantitative estimate of drug-likeness (QED) is 0.816. The lowest BCUT2D eigenvalue weighted by Crippen LogP contribution is -2.34. The van der Waals surface area contributed by atoms with Gasteiger partial charge in [0.2, 0.25) is 0 Å². The minimum atomic E-state index is 0.459. The molecule has 5 heteroatoms. The molecule has 2 N–H and O–H groups in total. The number of hydrogen-bond acceptors (Lipinski definition) is 4. The van der Waals surface area contributed by atoms with Crippen LogP contribution in [0.15, 0.2) is 12.1 Å². The maximum absolute atomic E-state index is 5.94. The third-order valence-electron chi connectivity index (χ3n) is 3.36. The predicted molar refractivity (Wildman–Crippen MR) is 72.5 cm³/mol. The Labute approximate surface area is 107 Å². The highest BCUT2D eigenvalue weighted by Gasteiger charge is 2.31. The van der Waals surface area contributed by atoms with Crippen LogP contribution in [0.5, 0.6) is 0 Å². The highest BCUT2D eigenvalue weighted by atomic mass is 35.5. The minimum Gasteiger partial charge on any atom is -0.399 e. The Morgan fingerprint density at radius 3 is 2.65 bits per heavy atom. The van der Waals surface area contributed by atoms with Crippen molar-refractivity contribution >= 4 is 23.1 Å². The van der Waals surface area contributed by atoms with Crippen LogP contribution >= 0.6 is 11.6 Å². The summed E-state index contributed by atoms with van der Waals surface area (Å²) in [4.78, 5) is 8.85. The zero-order chi connectivity index (χ0) is 12.6. The Balaban J connectivity index is 2.19. The van der Waals surface area contributed by atoms with Gasteiger partial charge in [-0.05, 0) is 26.1 Å². The Morgan fingerprint density at radius 2 is 2.12 bits per heavy atom. The molecule has 0 spiro atoms. The molecule has 2 atom stereocenters. The van der Waals surface area contributed by atoms with Gasteiger partial charge in [0, 0.05) is 30.9 Å². The second-order valence-electron chi connectivity index (χ2n) is 4.99. The highest BCUT2D eigenvalue weighted by molar-refractivity contribution is 6.29. The van der Waals surface area contributed by atoms with E-state index in [1.807, 2.05) is 6.07 Å². The number of aromatic nitrogens is 1. The maximum atomic E-state index is 5.94. The summed E-state index contributed by atoms with van der Waals surface area (Å²) in [5.74, 6) is 1.50. The van der Waals surface area contributed by atoms with Gasteiger partial charge in [-0.2, -0.15) is 0 Å². The first kappa shape index (κ1) is 12.5. The van der Waals surface area contributed by atoms with E-state index in [4.69, 9.17) is 17.3 Å². The van der Waals surface area contributed by atoms with E-state index < -0.39 is 0 Å². The summed E-state index contributed by atoms with van der Waals surface area (Å²) in [7, 11) is 4.23. The lowest BCUT2D eigenvalue weighted by molar-refractivity contribution is 0.266. The molecular weight excluding hydrogens is 236 g/mol. The monoisotopic (exact) mass is 254 g/mol. The van der Waals surface area contributed by atoms with Crippen molar-refractivity contribution in [2.24, 2.45) is 5.92 Å². The summed E-state index contributed by atoms with van der Waals surface area (Å²) in [5, 5.41) is 0.459. The standard InChI is InChI=1S/C12H19ClN4/c1-8-6-17(7-10(8)16(2)3)12-5-9(14)4-11(13)15-12/h4-5,8,10H,6-7H2,1-3H3,(H2,14,15). The first-order chi connectivity index (χ1) is 7.97. The van der Waals surface area contributed by atoms with Gasteiger partial charge in [0.15, 0.2) is 0 Å². The fraction of sp³-hybridized carbons (Fsp3) is 0.583. The van der Waals surface area contributed by atoms with E-state index >= 15 is 0 Å². The van der Waals surface area contributed by atoms with Crippen molar-refractivity contribution in [3.05, 3.63) is 17.3 Å². The number of pyridine rings is 1. The molecule has 2 rings (SSSR count). The number of anilines is 2. The number of nitrogens with two attached hydrogens (primary N) is 1. The smallest absolute Gasteiger partial charge is 0.133 e. The molecule has 1 aliphatic rings. The number of nitrogens with zero attached hydrogens (tertiary/aromatic N) is 3. The van der Waals surface area contributed by atoms with E-state index in [-0.39, 0.29) is 0 Å². The van der Waals surface area contributed by atoms with Crippen LogP contribution in [0.4, 0.5) is 11.5 Å². The Hall–Kier alpha value is -1.00. The molecule has 1 saturated heterocycles. The molecule has 17 heavy (non-hydrogen) atoms. The number of rotatable bonds is 2. The van der Waals surface area contributed by atoms with Crippen molar-refractivity contribution in [3.8, 4) is 0 Å². The summed E-state index contributed by atoms with van der Waals surface area (Å²) in [5.41, 5.74) is 6.46. The normalized spacial score (nSPS) is 24.6. The van der Waals surface area contributed by atoms with E-state index in [9.17, 15) is 0 Å². The fourth-order valence-electron chi connectivity index (χ4n) is 2.47. The molecule has 1 fully saturated rings. The summed E-state index contributed by atoms with van der Waals surface area (Å²) in [6.45, 7) is 4.23. The van der Waals surface area contributed by atoms with E-state index in [2.05, 4.69) is 35.8 Å². The lowest BCUT2D eigenvalue weighted by Gasteiger charge is -2.22. The first-order valence-electron chi connectivity index (χ1n) is 5.82. The number of likely N-dealkylation sites (N-methyl/N-ethyl adjacent to an activating group) is 1. The van der Waals surface area contributed by atoms with E-state index in [0.717, 1.165) is 18.9 Å². The molecule has 94 valence electrons. The average Bonchev–Trinajstić information content (AvgIpc) is 2.59. The second kappa shape index (κ2) is 4.70. The van der Waals surface area contributed by atoms with E-state index in [1.54, 1.807) is 6.07 Å². The Bertz CT molecular complexity index is 387. The molecule has 0 aromatic carbocycles. The molecule has 0 saturated carbocycles. The molecule has 0 amide bonds. The van der Waals surface area contributed by atoms with Crippen molar-refractivity contribution in [1.29, 1.82) is 0 Å². The van der Waals surface area contributed by atoms with Gasteiger partial charge < -0.3 is 15.5 Å². The molecule has 0 radical (unpaired) electrons. The Morgan fingerprint density at radius 1 is 1.41 bits per heavy atom. The van der Waals surface area contributed by atoms with Gasteiger partial charge in [-0.1, -0.05) is 18.5 Å². The van der Waals surface area contributed by atoms with Gasteiger partial charge >= 0.3 is 0 Å². The molecular formula is C12H19ClN4. The zero-order valence-corrected chi connectivity index (χ0v) is 11.3. The van der Waals surface area contributed by atoms with Gasteiger partial charge in [0.05, 0.1) is 0 Å². The molecule has 1 aromatic rings. The van der Waals surface area contributed by atoms with Crippen molar-refractivity contribution < 1.29 is 0 Å². The largest absolute Gasteiger partial charge is 0.399 e. The van der Waals surface area contributed by atoms with Crippen LogP contribution in [0, 0.1) is 5.92 Å². The number of hydrogen-bond donors (Lipinski definition) is 1. The molecule has 2 unspecified atom stereocenters. The molecule has 0 bridgehead atoms. The van der Waals surface area contributed by atoms with Gasteiger partial charge in [-0.15, -0.1) is 0 Å². The zero-order valence-electron chi connectivity index (χ0n) is 10.5. The van der Waals surface area contributed by atoms with Crippen molar-refractivity contribution in [2.75, 3.05) is 37.8 Å². The van der Waals surface area contributed by atoms with Crippen LogP contribution < -0.4 is 10.6 Å². The van der Waals surface area contributed by atoms with E-state index in [1.165, 1.54) is 0 Å². The minimum absolute atomic E-state index is 0.459. The van der Waals surface area contributed by atoms with E-state index in [0.29, 0.717) is 22.8 Å². The van der Waals surface area contributed by atoms with Crippen LogP contribution in [0.25, 0.3) is 0 Å². The first-order valence-corrected chi connectivity index (χ1v) is 6.19. The number of halogens is 1. The topological polar surface area (TPSA) is 45.4 Å². The van der Waals surface area contributed by atoms with Gasteiger partial charge in [0.1, 0.15) is 11.0 Å². The molecule has 0 aliphatic carbocycles. The summed E-state index contributed by atoms with van der Waals surface area (Å²) < 4.78 is 0.